The molecule has 0 radical (unpaired) electrons. The van der Waals surface area contributed by atoms with E-state index in [1.165, 1.54) is 0 Å². The van der Waals surface area contributed by atoms with Gasteiger partial charge in [0.1, 0.15) is 17.5 Å². The fourth-order valence-corrected chi connectivity index (χ4v) is 4.40. The first-order chi connectivity index (χ1) is 14.0. The number of ether oxygens (including phenoxy) is 2. The fourth-order valence-electron chi connectivity index (χ4n) is 4.40. The standard InChI is InChI=1S/C20H27N5O4.ClH/c1-11(2)28-15-5-6-16(19-22-24-25-23-19)18(9-15)29-14-4-3-12-10-21-17(20(26)27)8-13(12)7-14;/h5-6,9,11-14,17,21H,3-4,7-8,10H2,1-2H3,(H,26,27)(H,22,23,24,25);1H/t12-,13+,14-,17-;/m0./s1. The van der Waals surface area contributed by atoms with Crippen LogP contribution in [0.1, 0.15) is 39.5 Å². The summed E-state index contributed by atoms with van der Waals surface area (Å²) >= 11 is 0. The van der Waals surface area contributed by atoms with Crippen LogP contribution in [-0.2, 0) is 4.79 Å². The number of rotatable bonds is 6. The number of nitrogens with one attached hydrogen (secondary N) is 2. The molecule has 2 fully saturated rings. The lowest BCUT2D eigenvalue weighted by atomic mass is 9.72. The summed E-state index contributed by atoms with van der Waals surface area (Å²) < 4.78 is 12.2. The molecule has 4 rings (SSSR count). The number of fused-ring (bicyclic) bond motifs is 1. The van der Waals surface area contributed by atoms with Crippen molar-refractivity contribution in [2.24, 2.45) is 11.8 Å². The fraction of sp³-hybridized carbons (Fsp3) is 0.600. The summed E-state index contributed by atoms with van der Waals surface area (Å²) in [6, 6.07) is 5.17. The first-order valence-electron chi connectivity index (χ1n) is 10.2. The summed E-state index contributed by atoms with van der Waals surface area (Å²) in [5.41, 5.74) is 0.755. The number of aromatic amines is 1. The monoisotopic (exact) mass is 437 g/mol. The van der Waals surface area contributed by atoms with Gasteiger partial charge in [0.15, 0.2) is 0 Å². The third-order valence-electron chi connectivity index (χ3n) is 5.76. The van der Waals surface area contributed by atoms with Gasteiger partial charge in [-0.25, -0.2) is 0 Å². The number of tetrazole rings is 1. The molecule has 10 heteroatoms. The van der Waals surface area contributed by atoms with Crippen molar-refractivity contribution in [3.63, 3.8) is 0 Å². The average Bonchev–Trinajstić information content (AvgIpc) is 3.21. The lowest BCUT2D eigenvalue weighted by Crippen LogP contribution is -2.50. The highest BCUT2D eigenvalue weighted by atomic mass is 35.5. The molecule has 0 bridgehead atoms. The number of carboxylic acids is 1. The molecule has 3 N–H and O–H groups in total. The van der Waals surface area contributed by atoms with Gasteiger partial charge in [0, 0.05) is 6.07 Å². The van der Waals surface area contributed by atoms with E-state index < -0.39 is 12.0 Å². The van der Waals surface area contributed by atoms with E-state index >= 15 is 0 Å². The Morgan fingerprint density at radius 3 is 2.77 bits per heavy atom. The van der Waals surface area contributed by atoms with Gasteiger partial charge in [-0.1, -0.05) is 0 Å². The van der Waals surface area contributed by atoms with Crippen molar-refractivity contribution in [3.8, 4) is 22.9 Å². The van der Waals surface area contributed by atoms with Gasteiger partial charge in [-0.15, -0.1) is 22.6 Å². The number of aliphatic carboxylic acids is 1. The molecule has 2 aromatic rings. The van der Waals surface area contributed by atoms with Gasteiger partial charge < -0.3 is 19.9 Å². The van der Waals surface area contributed by atoms with Crippen LogP contribution in [0.3, 0.4) is 0 Å². The number of hydrogen-bond acceptors (Lipinski definition) is 7. The van der Waals surface area contributed by atoms with Crippen molar-refractivity contribution < 1.29 is 19.4 Å². The van der Waals surface area contributed by atoms with Crippen molar-refractivity contribution in [2.45, 2.75) is 57.8 Å². The van der Waals surface area contributed by atoms with Crippen molar-refractivity contribution in [3.05, 3.63) is 18.2 Å². The molecule has 1 aromatic carbocycles. The molecule has 1 aliphatic carbocycles. The van der Waals surface area contributed by atoms with Crippen LogP contribution in [0.2, 0.25) is 0 Å². The average molecular weight is 438 g/mol. The van der Waals surface area contributed by atoms with Crippen molar-refractivity contribution in [1.82, 2.24) is 25.9 Å². The number of benzene rings is 1. The molecule has 9 nitrogen and oxygen atoms in total. The summed E-state index contributed by atoms with van der Waals surface area (Å²) in [4.78, 5) is 11.4. The molecule has 164 valence electrons. The highest BCUT2D eigenvalue weighted by Gasteiger charge is 2.38. The van der Waals surface area contributed by atoms with Crippen LogP contribution >= 0.6 is 12.4 Å². The molecular formula is C20H28ClN5O4. The van der Waals surface area contributed by atoms with Crippen LogP contribution in [0.15, 0.2) is 18.2 Å². The van der Waals surface area contributed by atoms with E-state index in [0.29, 0.717) is 29.8 Å². The molecule has 1 aromatic heterocycles. The van der Waals surface area contributed by atoms with E-state index in [0.717, 1.165) is 37.1 Å². The lowest BCUT2D eigenvalue weighted by molar-refractivity contribution is -0.141. The molecule has 1 saturated heterocycles. The molecule has 1 saturated carbocycles. The number of carboxylic acid groups (broad SMARTS) is 1. The number of halogens is 1. The Hall–Kier alpha value is -2.39. The van der Waals surface area contributed by atoms with Crippen LogP contribution in [-0.4, -0.2) is 56.5 Å². The van der Waals surface area contributed by atoms with E-state index in [1.807, 2.05) is 32.0 Å². The third-order valence-corrected chi connectivity index (χ3v) is 5.76. The lowest BCUT2D eigenvalue weighted by Gasteiger charge is -2.41. The second kappa shape index (κ2) is 9.61. The van der Waals surface area contributed by atoms with Crippen LogP contribution in [0, 0.1) is 11.8 Å². The zero-order valence-corrected chi connectivity index (χ0v) is 17.9. The molecule has 1 aliphatic heterocycles. The number of nitrogens with zero attached hydrogens (tertiary/aromatic N) is 3. The van der Waals surface area contributed by atoms with Gasteiger partial charge in [0.25, 0.3) is 0 Å². The van der Waals surface area contributed by atoms with Gasteiger partial charge in [-0.2, -0.15) is 5.21 Å². The number of H-pyrrole nitrogens is 1. The molecule has 4 atom stereocenters. The Kier molecular flexibility index (Phi) is 7.14. The van der Waals surface area contributed by atoms with Gasteiger partial charge in [-0.05, 0) is 75.3 Å². The molecule has 30 heavy (non-hydrogen) atoms. The van der Waals surface area contributed by atoms with Gasteiger partial charge in [-0.3, -0.25) is 4.79 Å². The molecule has 0 unspecified atom stereocenters. The Labute approximate surface area is 181 Å². The van der Waals surface area contributed by atoms with Crippen molar-refractivity contribution in [2.75, 3.05) is 6.54 Å². The highest BCUT2D eigenvalue weighted by Crippen LogP contribution is 2.39. The molecule has 2 aliphatic rings. The Morgan fingerprint density at radius 2 is 2.07 bits per heavy atom. The second-order valence-electron chi connectivity index (χ2n) is 8.17. The molecular weight excluding hydrogens is 410 g/mol. The predicted molar refractivity (Wildman–Crippen MR) is 112 cm³/mol. The van der Waals surface area contributed by atoms with Crippen LogP contribution in [0.5, 0.6) is 11.5 Å². The van der Waals surface area contributed by atoms with Gasteiger partial charge in [0.05, 0.1) is 17.8 Å². The topological polar surface area (TPSA) is 122 Å². The normalized spacial score (nSPS) is 25.8. The van der Waals surface area contributed by atoms with E-state index in [9.17, 15) is 9.90 Å². The van der Waals surface area contributed by atoms with Crippen molar-refractivity contribution >= 4 is 18.4 Å². The molecule has 0 amide bonds. The van der Waals surface area contributed by atoms with Crippen LogP contribution in [0.25, 0.3) is 11.4 Å². The summed E-state index contributed by atoms with van der Waals surface area (Å²) in [6.45, 7) is 4.72. The maximum Gasteiger partial charge on any atom is 0.320 e. The largest absolute Gasteiger partial charge is 0.491 e. The second-order valence-corrected chi connectivity index (χ2v) is 8.17. The van der Waals surface area contributed by atoms with Crippen LogP contribution < -0.4 is 14.8 Å². The number of piperidine rings is 1. The molecule has 2 heterocycles. The minimum atomic E-state index is -0.774. The van der Waals surface area contributed by atoms with E-state index in [1.54, 1.807) is 0 Å². The van der Waals surface area contributed by atoms with E-state index in [-0.39, 0.29) is 24.6 Å². The Bertz CT molecular complexity index is 848. The minimum absolute atomic E-state index is 0. The zero-order valence-electron chi connectivity index (χ0n) is 17.1. The Balaban J connectivity index is 0.00000256. The van der Waals surface area contributed by atoms with Crippen molar-refractivity contribution in [1.29, 1.82) is 0 Å². The smallest absolute Gasteiger partial charge is 0.320 e. The van der Waals surface area contributed by atoms with Gasteiger partial charge >= 0.3 is 5.97 Å². The first-order valence-corrected chi connectivity index (χ1v) is 10.2. The first kappa shape index (κ1) is 22.3. The minimum Gasteiger partial charge on any atom is -0.491 e. The van der Waals surface area contributed by atoms with E-state index in [2.05, 4.69) is 25.9 Å². The third kappa shape index (κ3) is 5.02. The highest BCUT2D eigenvalue weighted by molar-refractivity contribution is 5.85. The van der Waals surface area contributed by atoms with Crippen LogP contribution in [0.4, 0.5) is 0 Å². The summed E-state index contributed by atoms with van der Waals surface area (Å²) in [5, 5.41) is 26.8. The van der Waals surface area contributed by atoms with Gasteiger partial charge in [0.2, 0.25) is 5.82 Å². The summed E-state index contributed by atoms with van der Waals surface area (Å²) in [5.74, 6) is 1.94. The summed E-state index contributed by atoms with van der Waals surface area (Å²) in [6.07, 6.45) is 3.52. The number of aromatic nitrogens is 4. The number of carbonyl (C=O) groups is 1. The Morgan fingerprint density at radius 1 is 1.23 bits per heavy atom. The van der Waals surface area contributed by atoms with E-state index in [4.69, 9.17) is 9.47 Å². The zero-order chi connectivity index (χ0) is 20.4. The summed E-state index contributed by atoms with van der Waals surface area (Å²) in [7, 11) is 0. The maximum absolute atomic E-state index is 11.4. The maximum atomic E-state index is 11.4. The number of hydrogen-bond donors (Lipinski definition) is 3. The molecule has 0 spiro atoms. The predicted octanol–water partition coefficient (Wildman–Crippen LogP) is 2.69. The quantitative estimate of drug-likeness (QED) is 0.630. The SMILES string of the molecule is CC(C)Oc1ccc(-c2nn[nH]n2)c(O[C@H]2CC[C@H]3CN[C@H](C(=O)O)C[C@H]3C2)c1.Cl.